The number of aliphatic hydroxyl groups excluding tert-OH is 1. The maximum absolute atomic E-state index is 11.4. The number of hydrogen-bond acceptors (Lipinski definition) is 5. The van der Waals surface area contributed by atoms with Crippen LogP contribution in [0, 0.1) is 0 Å². The zero-order valence-electron chi connectivity index (χ0n) is 8.83. The maximum Gasteiger partial charge on any atom is 0.256 e. The van der Waals surface area contributed by atoms with E-state index in [1.54, 1.807) is 0 Å². The van der Waals surface area contributed by atoms with Crippen LogP contribution in [0.15, 0.2) is 17.9 Å². The van der Waals surface area contributed by atoms with Gasteiger partial charge in [-0.05, 0) is 6.08 Å². The van der Waals surface area contributed by atoms with E-state index in [9.17, 15) is 9.59 Å². The summed E-state index contributed by atoms with van der Waals surface area (Å²) in [6, 6.07) is -0.413. The normalized spacial score (nSPS) is 23.4. The van der Waals surface area contributed by atoms with Crippen molar-refractivity contribution < 1.29 is 24.2 Å². The van der Waals surface area contributed by atoms with Crippen molar-refractivity contribution in [2.45, 2.75) is 12.1 Å². The van der Waals surface area contributed by atoms with Crippen molar-refractivity contribution >= 4 is 12.2 Å². The molecule has 0 aromatic heterocycles. The fraction of sp³-hybridized carbons (Fsp3) is 0.500. The summed E-state index contributed by atoms with van der Waals surface area (Å²) in [5.74, 6) is -0.311. The van der Waals surface area contributed by atoms with Gasteiger partial charge in [-0.1, -0.05) is 0 Å². The molecule has 0 aromatic rings. The Morgan fingerprint density at radius 3 is 2.94 bits per heavy atom. The van der Waals surface area contributed by atoms with Crippen molar-refractivity contribution in [1.82, 2.24) is 4.90 Å². The number of aliphatic hydroxyl groups is 1. The van der Waals surface area contributed by atoms with Crippen LogP contribution in [0.3, 0.4) is 0 Å². The predicted octanol–water partition coefficient (Wildman–Crippen LogP) is -0.954. The van der Waals surface area contributed by atoms with E-state index in [2.05, 4.69) is 10.5 Å². The average molecular weight is 227 g/mol. The monoisotopic (exact) mass is 227 g/mol. The number of amides is 1. The van der Waals surface area contributed by atoms with Crippen molar-refractivity contribution in [3.63, 3.8) is 0 Å². The van der Waals surface area contributed by atoms with Gasteiger partial charge in [0, 0.05) is 13.2 Å². The number of hydrogen-bond donors (Lipinski definition) is 1. The van der Waals surface area contributed by atoms with Crippen LogP contribution in [-0.4, -0.2) is 55.0 Å². The van der Waals surface area contributed by atoms with Crippen LogP contribution < -0.4 is 0 Å². The lowest BCUT2D eigenvalue weighted by Crippen LogP contribution is -2.65. The van der Waals surface area contributed by atoms with Gasteiger partial charge in [0.2, 0.25) is 0 Å². The van der Waals surface area contributed by atoms with Crippen LogP contribution in [0.5, 0.6) is 0 Å². The van der Waals surface area contributed by atoms with Gasteiger partial charge >= 0.3 is 0 Å². The summed E-state index contributed by atoms with van der Waals surface area (Å²) in [5.41, 5.74) is 2.58. The highest BCUT2D eigenvalue weighted by Crippen LogP contribution is 2.23. The molecule has 1 N–H and O–H groups in total. The predicted molar refractivity (Wildman–Crippen MR) is 53.2 cm³/mol. The van der Waals surface area contributed by atoms with E-state index in [0.717, 1.165) is 0 Å². The van der Waals surface area contributed by atoms with E-state index in [0.29, 0.717) is 6.29 Å². The molecule has 0 aliphatic carbocycles. The Morgan fingerprint density at radius 1 is 1.62 bits per heavy atom. The molecule has 0 saturated carbocycles. The third kappa shape index (κ3) is 2.56. The van der Waals surface area contributed by atoms with Crippen molar-refractivity contribution in [3.8, 4) is 0 Å². The Kier molecular flexibility index (Phi) is 4.88. The van der Waals surface area contributed by atoms with E-state index in [1.807, 2.05) is 0 Å². The lowest BCUT2D eigenvalue weighted by atomic mass is 9.99. The number of methoxy groups -OCH3 is 1. The molecule has 1 heterocycles. The number of β-lactam (4-membered cyclic amide) rings is 1. The number of carbonyl (C=O) groups is 2. The van der Waals surface area contributed by atoms with Gasteiger partial charge in [-0.2, -0.15) is 0 Å². The molecule has 1 rings (SSSR count). The SMILES string of the molecule is COCOC1C(=O)N(CO)C1C=C=CC=O. The molecule has 0 bridgehead atoms. The fourth-order valence-corrected chi connectivity index (χ4v) is 1.38. The van der Waals surface area contributed by atoms with E-state index >= 15 is 0 Å². The molecule has 0 radical (unpaired) electrons. The number of carbonyl (C=O) groups excluding carboxylic acids is 2. The lowest BCUT2D eigenvalue weighted by Gasteiger charge is -2.43. The van der Waals surface area contributed by atoms with Crippen LogP contribution in [0.1, 0.15) is 0 Å². The van der Waals surface area contributed by atoms with Crippen LogP contribution >= 0.6 is 0 Å². The third-order valence-corrected chi connectivity index (χ3v) is 2.15. The van der Waals surface area contributed by atoms with Crippen molar-refractivity contribution in [2.75, 3.05) is 20.6 Å². The molecule has 2 unspecified atom stereocenters. The van der Waals surface area contributed by atoms with Gasteiger partial charge in [0.15, 0.2) is 12.4 Å². The maximum atomic E-state index is 11.4. The first-order chi connectivity index (χ1) is 7.76. The quantitative estimate of drug-likeness (QED) is 0.208. The first kappa shape index (κ1) is 12.6. The molecule has 88 valence electrons. The molecule has 0 aromatic carbocycles. The summed E-state index contributed by atoms with van der Waals surface area (Å²) in [6.07, 6.45) is 2.56. The van der Waals surface area contributed by atoms with Crippen LogP contribution in [0.25, 0.3) is 0 Å². The second-order valence-corrected chi connectivity index (χ2v) is 3.07. The minimum Gasteiger partial charge on any atom is -0.376 e. The molecule has 16 heavy (non-hydrogen) atoms. The molecule has 6 nitrogen and oxygen atoms in total. The molecule has 2 atom stereocenters. The first-order valence-corrected chi connectivity index (χ1v) is 4.64. The van der Waals surface area contributed by atoms with E-state index in [-0.39, 0.29) is 12.7 Å². The third-order valence-electron chi connectivity index (χ3n) is 2.15. The molecular weight excluding hydrogens is 214 g/mol. The largest absolute Gasteiger partial charge is 0.376 e. The Bertz CT molecular complexity index is 321. The fourth-order valence-electron chi connectivity index (χ4n) is 1.38. The van der Waals surface area contributed by atoms with Crippen LogP contribution in [0.2, 0.25) is 0 Å². The second-order valence-electron chi connectivity index (χ2n) is 3.07. The van der Waals surface area contributed by atoms with Crippen molar-refractivity contribution in [3.05, 3.63) is 17.9 Å². The van der Waals surface area contributed by atoms with Gasteiger partial charge in [-0.15, -0.1) is 5.73 Å². The molecule has 1 aliphatic heterocycles. The number of nitrogens with zero attached hydrogens (tertiary/aromatic N) is 1. The highest BCUT2D eigenvalue weighted by atomic mass is 16.7. The van der Waals surface area contributed by atoms with Crippen molar-refractivity contribution in [2.24, 2.45) is 0 Å². The molecule has 0 spiro atoms. The summed E-state index contributed by atoms with van der Waals surface area (Å²) in [6.45, 7) is -0.396. The molecule has 1 amide bonds. The number of aldehydes is 1. The molecule has 6 heteroatoms. The minimum atomic E-state index is -0.681. The first-order valence-electron chi connectivity index (χ1n) is 4.64. The highest BCUT2D eigenvalue weighted by Gasteiger charge is 2.46. The zero-order valence-corrected chi connectivity index (χ0v) is 8.83. The minimum absolute atomic E-state index is 0.00257. The number of rotatable bonds is 6. The van der Waals surface area contributed by atoms with Crippen molar-refractivity contribution in [1.29, 1.82) is 0 Å². The lowest BCUT2D eigenvalue weighted by molar-refractivity contribution is -0.188. The Balaban J connectivity index is 2.64. The smallest absolute Gasteiger partial charge is 0.256 e. The summed E-state index contributed by atoms with van der Waals surface area (Å²) >= 11 is 0. The van der Waals surface area contributed by atoms with Crippen LogP contribution in [-0.2, 0) is 19.1 Å². The van der Waals surface area contributed by atoms with Gasteiger partial charge in [0.1, 0.15) is 13.5 Å². The molecule has 1 aliphatic rings. The van der Waals surface area contributed by atoms with E-state index in [1.165, 1.54) is 24.2 Å². The Morgan fingerprint density at radius 2 is 2.38 bits per heavy atom. The van der Waals surface area contributed by atoms with Gasteiger partial charge in [0.05, 0.1) is 6.04 Å². The summed E-state index contributed by atoms with van der Waals surface area (Å²) < 4.78 is 9.80. The summed E-state index contributed by atoms with van der Waals surface area (Å²) in [7, 11) is 1.45. The highest BCUT2D eigenvalue weighted by molar-refractivity contribution is 5.89. The van der Waals surface area contributed by atoms with Crippen LogP contribution in [0.4, 0.5) is 0 Å². The Labute approximate surface area is 92.7 Å². The van der Waals surface area contributed by atoms with Gasteiger partial charge in [-0.3, -0.25) is 9.59 Å². The molecule has 1 saturated heterocycles. The van der Waals surface area contributed by atoms with E-state index in [4.69, 9.17) is 9.84 Å². The summed E-state index contributed by atoms with van der Waals surface area (Å²) in [4.78, 5) is 22.6. The topological polar surface area (TPSA) is 76.1 Å². The number of likely N-dealkylation sites (tertiary alicyclic amines) is 1. The van der Waals surface area contributed by atoms with Gasteiger partial charge < -0.3 is 19.5 Å². The average Bonchev–Trinajstić information content (AvgIpc) is 2.29. The molecule has 1 fully saturated rings. The van der Waals surface area contributed by atoms with Gasteiger partial charge in [0.25, 0.3) is 5.91 Å². The summed E-state index contributed by atoms with van der Waals surface area (Å²) in [5, 5.41) is 8.92. The Hall–Kier alpha value is -1.46. The second kappa shape index (κ2) is 6.19. The van der Waals surface area contributed by atoms with Gasteiger partial charge in [-0.25, -0.2) is 0 Å². The molecular formula is C10H13NO5. The van der Waals surface area contributed by atoms with E-state index < -0.39 is 18.9 Å². The number of ether oxygens (including phenoxy) is 2. The standard InChI is InChI=1S/C10H13NO5/c1-15-7-16-9-8(4-2-3-5-12)11(6-13)10(9)14/h3-5,8-9,13H,6-7H2,1H3. The zero-order chi connectivity index (χ0) is 12.0.